The van der Waals surface area contributed by atoms with Gasteiger partial charge in [-0.25, -0.2) is 0 Å². The molecule has 22 heavy (non-hydrogen) atoms. The van der Waals surface area contributed by atoms with Crippen molar-refractivity contribution in [1.82, 2.24) is 0 Å². The van der Waals surface area contributed by atoms with Crippen LogP contribution < -0.4 is 0 Å². The van der Waals surface area contributed by atoms with Crippen molar-refractivity contribution in [2.24, 2.45) is 0 Å². The molecular weight excluding hydrogens is 276 g/mol. The second-order valence-electron chi connectivity index (χ2n) is 5.67. The monoisotopic (exact) mass is 298 g/mol. The second-order valence-corrected chi connectivity index (χ2v) is 5.67. The molecule has 1 unspecified atom stereocenters. The summed E-state index contributed by atoms with van der Waals surface area (Å²) in [4.78, 5) is 0. The maximum Gasteiger partial charge on any atom is 0.127 e. The van der Waals surface area contributed by atoms with E-state index in [1.165, 1.54) is 6.07 Å². The molecule has 116 valence electrons. The Morgan fingerprint density at radius 1 is 1.05 bits per heavy atom. The standard InChI is InChI=1S/C19H22O3/c1-4-14(19-13(3)10-17(21)11-18(19)22)9-12(2)15-5-7-16(20)8-6-15/h4-8,10-12,20-22H,9H2,1-3H3/b14-4+. The average molecular weight is 298 g/mol. The van der Waals surface area contributed by atoms with Crippen LogP contribution in [0, 0.1) is 6.92 Å². The van der Waals surface area contributed by atoms with Gasteiger partial charge in [-0.05, 0) is 61.1 Å². The lowest BCUT2D eigenvalue weighted by atomic mass is 9.88. The number of benzene rings is 2. The molecule has 3 heteroatoms. The van der Waals surface area contributed by atoms with E-state index in [-0.39, 0.29) is 23.2 Å². The number of aryl methyl sites for hydroxylation is 1. The van der Waals surface area contributed by atoms with Gasteiger partial charge >= 0.3 is 0 Å². The Kier molecular flexibility index (Phi) is 4.76. The highest BCUT2D eigenvalue weighted by Gasteiger charge is 2.15. The first-order valence-electron chi connectivity index (χ1n) is 7.39. The minimum absolute atomic E-state index is 0.0702. The van der Waals surface area contributed by atoms with Crippen molar-refractivity contribution < 1.29 is 15.3 Å². The summed E-state index contributed by atoms with van der Waals surface area (Å²) in [6, 6.07) is 10.2. The normalized spacial score (nSPS) is 13.1. The van der Waals surface area contributed by atoms with Crippen LogP contribution in [0.25, 0.3) is 5.57 Å². The summed E-state index contributed by atoms with van der Waals surface area (Å²) in [5, 5.41) is 29.1. The third kappa shape index (κ3) is 3.42. The molecule has 0 aliphatic heterocycles. The molecule has 0 aromatic heterocycles. The van der Waals surface area contributed by atoms with Crippen LogP contribution in [0.4, 0.5) is 0 Å². The number of phenolic OH excluding ortho intramolecular Hbond substituents is 3. The summed E-state index contributed by atoms with van der Waals surface area (Å²) < 4.78 is 0. The van der Waals surface area contributed by atoms with Gasteiger partial charge in [-0.1, -0.05) is 25.1 Å². The fourth-order valence-corrected chi connectivity index (χ4v) is 2.78. The van der Waals surface area contributed by atoms with E-state index in [4.69, 9.17) is 0 Å². The predicted octanol–water partition coefficient (Wildman–Crippen LogP) is 4.71. The van der Waals surface area contributed by atoms with Gasteiger partial charge in [0.2, 0.25) is 0 Å². The summed E-state index contributed by atoms with van der Waals surface area (Å²) in [5.74, 6) is 0.679. The molecule has 0 bridgehead atoms. The van der Waals surface area contributed by atoms with Crippen LogP contribution in [0.2, 0.25) is 0 Å². The Balaban J connectivity index is 2.29. The lowest BCUT2D eigenvalue weighted by Gasteiger charge is -2.18. The van der Waals surface area contributed by atoms with E-state index >= 15 is 0 Å². The lowest BCUT2D eigenvalue weighted by molar-refractivity contribution is 0.448. The molecule has 0 saturated carbocycles. The summed E-state index contributed by atoms with van der Waals surface area (Å²) in [6.07, 6.45) is 2.76. The van der Waals surface area contributed by atoms with Gasteiger partial charge in [0.25, 0.3) is 0 Å². The summed E-state index contributed by atoms with van der Waals surface area (Å²) in [5.41, 5.74) is 3.80. The van der Waals surface area contributed by atoms with Crippen molar-refractivity contribution in [3.05, 3.63) is 59.2 Å². The predicted molar refractivity (Wildman–Crippen MR) is 89.3 cm³/mol. The van der Waals surface area contributed by atoms with Gasteiger partial charge in [-0.15, -0.1) is 0 Å². The molecule has 0 saturated heterocycles. The highest BCUT2D eigenvalue weighted by molar-refractivity contribution is 5.74. The third-order valence-corrected chi connectivity index (χ3v) is 3.96. The van der Waals surface area contributed by atoms with Crippen molar-refractivity contribution in [2.45, 2.75) is 33.1 Å². The Labute approximate surface area is 131 Å². The van der Waals surface area contributed by atoms with Crippen molar-refractivity contribution in [3.63, 3.8) is 0 Å². The van der Waals surface area contributed by atoms with Crippen LogP contribution in [-0.2, 0) is 0 Å². The second kappa shape index (κ2) is 6.56. The summed E-state index contributed by atoms with van der Waals surface area (Å²) in [7, 11) is 0. The van der Waals surface area contributed by atoms with E-state index in [2.05, 4.69) is 6.92 Å². The van der Waals surface area contributed by atoms with Gasteiger partial charge in [0, 0.05) is 11.6 Å². The highest BCUT2D eigenvalue weighted by Crippen LogP contribution is 2.37. The summed E-state index contributed by atoms with van der Waals surface area (Å²) >= 11 is 0. The number of rotatable bonds is 4. The average Bonchev–Trinajstić information content (AvgIpc) is 2.45. The van der Waals surface area contributed by atoms with E-state index in [0.29, 0.717) is 0 Å². The first-order chi connectivity index (χ1) is 10.4. The fourth-order valence-electron chi connectivity index (χ4n) is 2.78. The SMILES string of the molecule is C/C=C(\CC(C)c1ccc(O)cc1)c1c(C)cc(O)cc1O. The van der Waals surface area contributed by atoms with Crippen molar-refractivity contribution in [2.75, 3.05) is 0 Å². The molecule has 0 heterocycles. The Morgan fingerprint density at radius 3 is 2.23 bits per heavy atom. The molecular formula is C19H22O3. The Hall–Kier alpha value is -2.42. The van der Waals surface area contributed by atoms with Gasteiger partial charge in [0.15, 0.2) is 0 Å². The zero-order valence-electron chi connectivity index (χ0n) is 13.2. The van der Waals surface area contributed by atoms with Gasteiger partial charge < -0.3 is 15.3 Å². The van der Waals surface area contributed by atoms with Crippen LogP contribution in [0.15, 0.2) is 42.5 Å². The van der Waals surface area contributed by atoms with Crippen LogP contribution >= 0.6 is 0 Å². The maximum absolute atomic E-state index is 10.2. The maximum atomic E-state index is 10.2. The molecule has 1 atom stereocenters. The van der Waals surface area contributed by atoms with Gasteiger partial charge in [-0.3, -0.25) is 0 Å². The highest BCUT2D eigenvalue weighted by atomic mass is 16.3. The van der Waals surface area contributed by atoms with E-state index in [9.17, 15) is 15.3 Å². The Bertz CT molecular complexity index is 661. The minimum atomic E-state index is 0.0702. The molecule has 0 aliphatic rings. The first-order valence-corrected chi connectivity index (χ1v) is 7.39. The molecule has 3 N–H and O–H groups in total. The smallest absolute Gasteiger partial charge is 0.127 e. The van der Waals surface area contributed by atoms with Crippen LogP contribution in [-0.4, -0.2) is 15.3 Å². The van der Waals surface area contributed by atoms with Crippen molar-refractivity contribution in [1.29, 1.82) is 0 Å². The molecule has 2 rings (SSSR count). The number of aromatic hydroxyl groups is 3. The zero-order valence-corrected chi connectivity index (χ0v) is 13.2. The van der Waals surface area contributed by atoms with E-state index < -0.39 is 0 Å². The number of phenols is 3. The zero-order chi connectivity index (χ0) is 16.3. The number of hydrogen-bond acceptors (Lipinski definition) is 3. The topological polar surface area (TPSA) is 60.7 Å². The quantitative estimate of drug-likeness (QED) is 0.766. The van der Waals surface area contributed by atoms with Gasteiger partial charge in [0.1, 0.15) is 17.2 Å². The van der Waals surface area contributed by atoms with Crippen LogP contribution in [0.5, 0.6) is 17.2 Å². The van der Waals surface area contributed by atoms with Gasteiger partial charge in [-0.2, -0.15) is 0 Å². The molecule has 3 nitrogen and oxygen atoms in total. The van der Waals surface area contributed by atoms with Crippen LogP contribution in [0.1, 0.15) is 42.9 Å². The van der Waals surface area contributed by atoms with Crippen molar-refractivity contribution in [3.8, 4) is 17.2 Å². The first kappa shape index (κ1) is 16.0. The van der Waals surface area contributed by atoms with Gasteiger partial charge in [0.05, 0.1) is 0 Å². The molecule has 0 spiro atoms. The third-order valence-electron chi connectivity index (χ3n) is 3.96. The molecule has 0 radical (unpaired) electrons. The van der Waals surface area contributed by atoms with Crippen molar-refractivity contribution >= 4 is 5.57 Å². The summed E-state index contributed by atoms with van der Waals surface area (Å²) in [6.45, 7) is 5.94. The molecule has 2 aromatic rings. The van der Waals surface area contributed by atoms with E-state index in [1.807, 2.05) is 32.1 Å². The van der Waals surface area contributed by atoms with E-state index in [0.717, 1.165) is 28.7 Å². The number of allylic oxidation sites excluding steroid dienone is 2. The molecule has 0 fully saturated rings. The minimum Gasteiger partial charge on any atom is -0.508 e. The van der Waals surface area contributed by atoms with Crippen LogP contribution in [0.3, 0.4) is 0 Å². The molecule has 2 aromatic carbocycles. The molecule has 0 amide bonds. The lowest BCUT2D eigenvalue weighted by Crippen LogP contribution is -1.98. The van der Waals surface area contributed by atoms with E-state index in [1.54, 1.807) is 18.2 Å². The number of hydrogen-bond donors (Lipinski definition) is 3. The fraction of sp³-hybridized carbons (Fsp3) is 0.263. The molecule has 0 aliphatic carbocycles. The largest absolute Gasteiger partial charge is 0.508 e. The Morgan fingerprint density at radius 2 is 1.68 bits per heavy atom.